The summed E-state index contributed by atoms with van der Waals surface area (Å²) in [5, 5.41) is 9.67. The van der Waals surface area contributed by atoms with E-state index in [0.29, 0.717) is 40.4 Å². The van der Waals surface area contributed by atoms with Gasteiger partial charge in [0.25, 0.3) is 5.91 Å². The fourth-order valence-electron chi connectivity index (χ4n) is 8.29. The molecule has 3 saturated carbocycles. The summed E-state index contributed by atoms with van der Waals surface area (Å²) in [7, 11) is 1.99. The van der Waals surface area contributed by atoms with E-state index in [1.807, 2.05) is 34.9 Å². The van der Waals surface area contributed by atoms with Gasteiger partial charge in [-0.2, -0.15) is 11.3 Å². The molecule has 0 unspecified atom stereocenters. The molecule has 0 saturated heterocycles. The third-order valence-corrected chi connectivity index (χ3v) is 11.5. The van der Waals surface area contributed by atoms with E-state index in [-0.39, 0.29) is 22.6 Å². The second-order valence-corrected chi connectivity index (χ2v) is 13.0. The van der Waals surface area contributed by atoms with Crippen LogP contribution in [-0.4, -0.2) is 34.8 Å². The summed E-state index contributed by atoms with van der Waals surface area (Å²) < 4.78 is 0. The minimum absolute atomic E-state index is 0.0767. The molecule has 0 aromatic carbocycles. The molecule has 4 aliphatic rings. The lowest BCUT2D eigenvalue weighted by Gasteiger charge is -2.60. The van der Waals surface area contributed by atoms with Crippen LogP contribution in [0.15, 0.2) is 34.4 Å². The fourth-order valence-corrected chi connectivity index (χ4v) is 9.69. The molecule has 34 heavy (non-hydrogen) atoms. The van der Waals surface area contributed by atoms with E-state index in [4.69, 9.17) is 4.98 Å². The molecule has 3 heterocycles. The van der Waals surface area contributed by atoms with Crippen molar-refractivity contribution in [3.8, 4) is 0 Å². The zero-order chi connectivity index (χ0) is 23.7. The molecular weight excluding hydrogens is 462 g/mol. The van der Waals surface area contributed by atoms with Crippen molar-refractivity contribution in [2.24, 2.45) is 28.6 Å². The molecule has 3 aliphatic carbocycles. The van der Waals surface area contributed by atoms with Gasteiger partial charge in [-0.3, -0.25) is 14.9 Å². The molecule has 5 nitrogen and oxygen atoms in total. The Kier molecular flexibility index (Phi) is 5.30. The van der Waals surface area contributed by atoms with Crippen LogP contribution in [-0.2, 0) is 4.79 Å². The molecule has 3 fully saturated rings. The number of thiazole rings is 1. The number of amides is 2. The molecule has 7 heteroatoms. The van der Waals surface area contributed by atoms with E-state index in [0.717, 1.165) is 12.1 Å². The van der Waals surface area contributed by atoms with Gasteiger partial charge in [0, 0.05) is 35.2 Å². The van der Waals surface area contributed by atoms with Crippen LogP contribution in [0.1, 0.15) is 74.3 Å². The predicted molar refractivity (Wildman–Crippen MR) is 137 cm³/mol. The summed E-state index contributed by atoms with van der Waals surface area (Å²) in [6.45, 7) is 4.92. The minimum atomic E-state index is -0.0767. The van der Waals surface area contributed by atoms with Gasteiger partial charge in [0.1, 0.15) is 0 Å². The van der Waals surface area contributed by atoms with Crippen LogP contribution in [0.25, 0.3) is 0 Å². The summed E-state index contributed by atoms with van der Waals surface area (Å²) in [6, 6.07) is 2.18. The van der Waals surface area contributed by atoms with E-state index < -0.39 is 0 Å². The zero-order valence-corrected chi connectivity index (χ0v) is 21.8. The summed E-state index contributed by atoms with van der Waals surface area (Å²) in [4.78, 5) is 31.7. The topological polar surface area (TPSA) is 62.3 Å². The molecule has 180 valence electrons. The van der Waals surface area contributed by atoms with E-state index in [2.05, 4.69) is 30.6 Å². The Balaban J connectivity index is 1.22. The number of carbonyl (C=O) groups excluding carboxylic acids is 2. The first-order valence-electron chi connectivity index (χ1n) is 12.6. The summed E-state index contributed by atoms with van der Waals surface area (Å²) in [5.74, 6) is 2.60. The number of thiophene rings is 1. The Morgan fingerprint density at radius 3 is 2.79 bits per heavy atom. The molecule has 1 aliphatic heterocycles. The number of anilines is 1. The van der Waals surface area contributed by atoms with Crippen LogP contribution in [0.4, 0.5) is 5.13 Å². The molecule has 1 N–H and O–H groups in total. The van der Waals surface area contributed by atoms with Crippen molar-refractivity contribution in [1.82, 2.24) is 9.88 Å². The van der Waals surface area contributed by atoms with E-state index in [1.54, 1.807) is 11.3 Å². The van der Waals surface area contributed by atoms with Crippen molar-refractivity contribution in [1.29, 1.82) is 0 Å². The molecule has 2 aromatic rings. The lowest BCUT2D eigenvalue weighted by atomic mass is 9.47. The Labute approximate surface area is 209 Å². The lowest BCUT2D eigenvalue weighted by Crippen LogP contribution is -2.59. The van der Waals surface area contributed by atoms with E-state index >= 15 is 0 Å². The number of hydrogen-bond acceptors (Lipinski definition) is 5. The normalized spacial score (nSPS) is 38.9. The maximum Gasteiger partial charge on any atom is 0.258 e. The van der Waals surface area contributed by atoms with Crippen LogP contribution in [0.3, 0.4) is 0 Å². The van der Waals surface area contributed by atoms with Gasteiger partial charge in [-0.15, -0.1) is 11.3 Å². The largest absolute Gasteiger partial charge is 0.338 e. The smallest absolute Gasteiger partial charge is 0.258 e. The Hall–Kier alpha value is -1.99. The number of nitrogens with zero attached hydrogens (tertiary/aromatic N) is 2. The number of likely N-dealkylation sites (N-methyl/N-ethyl adjacent to an activating group) is 1. The second-order valence-electron chi connectivity index (χ2n) is 11.3. The van der Waals surface area contributed by atoms with Gasteiger partial charge in [-0.1, -0.05) is 19.9 Å². The molecular formula is C27H33N3O2S2. The Morgan fingerprint density at radius 1 is 1.15 bits per heavy atom. The molecule has 0 radical (unpaired) electrons. The molecule has 7 atom stereocenters. The van der Waals surface area contributed by atoms with Crippen LogP contribution in [0.5, 0.6) is 0 Å². The fraction of sp³-hybridized carbons (Fsp3) is 0.593. The third-order valence-electron chi connectivity index (χ3n) is 10.0. The first kappa shape index (κ1) is 22.5. The average molecular weight is 496 g/mol. The number of carbonyl (C=O) groups is 2. The van der Waals surface area contributed by atoms with Crippen molar-refractivity contribution in [2.45, 2.75) is 64.3 Å². The number of fused-ring (bicyclic) bond motifs is 5. The maximum atomic E-state index is 12.5. The number of hydrogen-bond donors (Lipinski definition) is 1. The first-order valence-corrected chi connectivity index (χ1v) is 14.4. The highest BCUT2D eigenvalue weighted by Gasteiger charge is 2.60. The minimum Gasteiger partial charge on any atom is -0.338 e. The molecule has 6 rings (SSSR count). The second kappa shape index (κ2) is 8.02. The zero-order valence-electron chi connectivity index (χ0n) is 20.1. The predicted octanol–water partition coefficient (Wildman–Crippen LogP) is 6.18. The van der Waals surface area contributed by atoms with Crippen molar-refractivity contribution >= 4 is 39.6 Å². The highest BCUT2D eigenvalue weighted by Crippen LogP contribution is 2.67. The monoisotopic (exact) mass is 495 g/mol. The van der Waals surface area contributed by atoms with Gasteiger partial charge < -0.3 is 4.90 Å². The van der Waals surface area contributed by atoms with Gasteiger partial charge >= 0.3 is 0 Å². The van der Waals surface area contributed by atoms with Gasteiger partial charge in [-0.05, 0) is 79.2 Å². The van der Waals surface area contributed by atoms with E-state index in [9.17, 15) is 9.59 Å². The summed E-state index contributed by atoms with van der Waals surface area (Å²) >= 11 is 3.08. The number of nitrogens with one attached hydrogen (secondary N) is 1. The third kappa shape index (κ3) is 3.26. The lowest BCUT2D eigenvalue weighted by molar-refractivity contribution is -0.138. The standard InChI is InChI=1S/C27H33N3O2S2/c1-26-11-8-19-17(4-7-22-27(19,2)12-9-23(31)30(22)3)18(26)5-6-20(26)21-15-34-25(28-21)29-24(32)16-10-13-33-14-16/h9-10,12-15,17-20,22H,4-8,11H2,1-3H3,(H,28,29,32)/t17-,18-,19-,20+,22+,26-,27+/m0/s1. The quantitative estimate of drug-likeness (QED) is 0.553. The van der Waals surface area contributed by atoms with Crippen LogP contribution < -0.4 is 5.32 Å². The van der Waals surface area contributed by atoms with Crippen LogP contribution in [0.2, 0.25) is 0 Å². The summed E-state index contributed by atoms with van der Waals surface area (Å²) in [6.07, 6.45) is 11.3. The number of aromatic nitrogens is 1. The SMILES string of the molecule is CN1C(=O)C=C[C@]2(C)[C@H]3CC[C@]4(C)[C@@H](c5csc(NC(=O)c6ccsc6)n5)CC[C@H]4[C@@H]3CC[C@@H]12. The maximum absolute atomic E-state index is 12.5. The Morgan fingerprint density at radius 2 is 2.00 bits per heavy atom. The highest BCUT2D eigenvalue weighted by atomic mass is 32.1. The first-order chi connectivity index (χ1) is 16.3. The van der Waals surface area contributed by atoms with E-state index in [1.165, 1.54) is 43.4 Å². The van der Waals surface area contributed by atoms with Crippen molar-refractivity contribution in [3.05, 3.63) is 45.6 Å². The van der Waals surface area contributed by atoms with Gasteiger partial charge in [-0.25, -0.2) is 4.98 Å². The van der Waals surface area contributed by atoms with Crippen LogP contribution >= 0.6 is 22.7 Å². The molecule has 0 spiro atoms. The molecule has 2 amide bonds. The van der Waals surface area contributed by atoms with Crippen LogP contribution in [0, 0.1) is 28.6 Å². The van der Waals surface area contributed by atoms with Crippen molar-refractivity contribution < 1.29 is 9.59 Å². The van der Waals surface area contributed by atoms with Crippen molar-refractivity contribution in [2.75, 3.05) is 12.4 Å². The summed E-state index contributed by atoms with van der Waals surface area (Å²) in [5.41, 5.74) is 2.20. The van der Waals surface area contributed by atoms with Gasteiger partial charge in [0.15, 0.2) is 5.13 Å². The molecule has 0 bridgehead atoms. The van der Waals surface area contributed by atoms with Crippen molar-refractivity contribution in [3.63, 3.8) is 0 Å². The average Bonchev–Trinajstić information content (AvgIpc) is 3.56. The van der Waals surface area contributed by atoms with Gasteiger partial charge in [0.05, 0.1) is 11.3 Å². The highest BCUT2D eigenvalue weighted by molar-refractivity contribution is 7.14. The van der Waals surface area contributed by atoms with Gasteiger partial charge in [0.2, 0.25) is 5.91 Å². The molecule has 2 aromatic heterocycles. The number of rotatable bonds is 3. The Bertz CT molecular complexity index is 1140.